The molecular formula is C20H34O4Zn. The fourth-order valence-electron chi connectivity index (χ4n) is 1.90. The van der Waals surface area contributed by atoms with E-state index in [1.54, 1.807) is 0 Å². The van der Waals surface area contributed by atoms with E-state index in [-0.39, 0.29) is 32.3 Å². The molecule has 0 aliphatic carbocycles. The van der Waals surface area contributed by atoms with E-state index in [4.69, 9.17) is 0 Å². The second kappa shape index (κ2) is 25.3. The number of allylic oxidation sites excluding steroid dienone is 4. The second-order valence-electron chi connectivity index (χ2n) is 5.76. The Bertz CT molecular complexity index is 318. The summed E-state index contributed by atoms with van der Waals surface area (Å²) in [5.41, 5.74) is 0. The van der Waals surface area contributed by atoms with Crippen molar-refractivity contribution in [3.63, 3.8) is 0 Å². The quantitative estimate of drug-likeness (QED) is 0.253. The van der Waals surface area contributed by atoms with Gasteiger partial charge in [-0.25, -0.2) is 0 Å². The van der Waals surface area contributed by atoms with Gasteiger partial charge in [0, 0.05) is 11.9 Å². The number of unbranched alkanes of at least 4 members (excludes halogenated alkanes) is 6. The van der Waals surface area contributed by atoms with E-state index in [1.165, 1.54) is 38.5 Å². The molecule has 0 aromatic heterocycles. The van der Waals surface area contributed by atoms with Crippen molar-refractivity contribution in [1.82, 2.24) is 0 Å². The number of carbonyl (C=O) groups is 2. The Balaban J connectivity index is -0.000000372. The molecule has 0 atom stereocenters. The number of hydrogen-bond donors (Lipinski definition) is 0. The number of carbonyl (C=O) groups excluding carboxylic acids is 2. The first kappa shape index (κ1) is 28.8. The standard InChI is InChI=1S/2C10H18O2.Zn/c2*1-2-3-4-5-6-7-8-9-10(11)12;/h2*6-7H,2-5,8-9H2,1H3,(H,11,12);/q;;+2/p-2. The van der Waals surface area contributed by atoms with E-state index in [9.17, 15) is 19.8 Å². The van der Waals surface area contributed by atoms with Crippen molar-refractivity contribution < 1.29 is 39.3 Å². The SMILES string of the molecule is CCCCCC=CCCC(=O)[O-].CCCCCC=CCCC(=O)[O-].[Zn+2]. The maximum absolute atomic E-state index is 9.99. The van der Waals surface area contributed by atoms with E-state index in [0.717, 1.165) is 12.8 Å². The molecule has 0 radical (unpaired) electrons. The minimum atomic E-state index is -0.965. The maximum Gasteiger partial charge on any atom is 2.00 e. The summed E-state index contributed by atoms with van der Waals surface area (Å²) in [5, 5.41) is 20.0. The van der Waals surface area contributed by atoms with Gasteiger partial charge in [-0.3, -0.25) is 0 Å². The van der Waals surface area contributed by atoms with Crippen molar-refractivity contribution in [1.29, 1.82) is 0 Å². The Morgan fingerprint density at radius 1 is 0.640 bits per heavy atom. The first-order valence-electron chi connectivity index (χ1n) is 9.24. The van der Waals surface area contributed by atoms with Gasteiger partial charge in [-0.1, -0.05) is 63.8 Å². The van der Waals surface area contributed by atoms with Crippen molar-refractivity contribution >= 4 is 11.9 Å². The van der Waals surface area contributed by atoms with Gasteiger partial charge in [-0.15, -0.1) is 0 Å². The fraction of sp³-hybridized carbons (Fsp3) is 0.700. The van der Waals surface area contributed by atoms with Crippen LogP contribution in [0.15, 0.2) is 24.3 Å². The number of carboxylic acids is 2. The Labute approximate surface area is 166 Å². The molecule has 0 bridgehead atoms. The van der Waals surface area contributed by atoms with Crippen LogP contribution in [0.5, 0.6) is 0 Å². The summed E-state index contributed by atoms with van der Waals surface area (Å²) < 4.78 is 0. The molecule has 0 heterocycles. The van der Waals surface area contributed by atoms with Gasteiger partial charge in [0.2, 0.25) is 0 Å². The molecule has 140 valence electrons. The van der Waals surface area contributed by atoms with Crippen LogP contribution < -0.4 is 10.2 Å². The van der Waals surface area contributed by atoms with Crippen LogP contribution in [0.3, 0.4) is 0 Å². The smallest absolute Gasteiger partial charge is 0.550 e. The van der Waals surface area contributed by atoms with Gasteiger partial charge in [-0.2, -0.15) is 0 Å². The van der Waals surface area contributed by atoms with Crippen LogP contribution in [-0.2, 0) is 29.1 Å². The fourth-order valence-corrected chi connectivity index (χ4v) is 1.90. The molecule has 0 saturated carbocycles. The molecule has 0 fully saturated rings. The molecule has 0 spiro atoms. The van der Waals surface area contributed by atoms with Crippen molar-refractivity contribution in [2.24, 2.45) is 0 Å². The molecule has 0 aromatic carbocycles. The summed E-state index contributed by atoms with van der Waals surface area (Å²) in [7, 11) is 0. The zero-order valence-electron chi connectivity index (χ0n) is 16.1. The third kappa shape index (κ3) is 35.1. The summed E-state index contributed by atoms with van der Waals surface area (Å²) in [6.45, 7) is 4.33. The first-order valence-corrected chi connectivity index (χ1v) is 9.24. The van der Waals surface area contributed by atoms with Gasteiger partial charge in [0.15, 0.2) is 0 Å². The van der Waals surface area contributed by atoms with E-state index in [2.05, 4.69) is 26.0 Å². The van der Waals surface area contributed by atoms with Gasteiger partial charge in [0.25, 0.3) is 0 Å². The zero-order valence-corrected chi connectivity index (χ0v) is 19.1. The molecule has 0 aliphatic rings. The topological polar surface area (TPSA) is 80.3 Å². The van der Waals surface area contributed by atoms with Crippen molar-refractivity contribution in [2.75, 3.05) is 0 Å². The minimum Gasteiger partial charge on any atom is -0.550 e. The van der Waals surface area contributed by atoms with E-state index >= 15 is 0 Å². The normalized spacial score (nSPS) is 10.3. The van der Waals surface area contributed by atoms with Crippen LogP contribution in [0, 0.1) is 0 Å². The molecule has 0 aromatic rings. The molecule has 5 heteroatoms. The molecule has 0 saturated heterocycles. The van der Waals surface area contributed by atoms with Gasteiger partial charge in [-0.05, 0) is 51.4 Å². The monoisotopic (exact) mass is 402 g/mol. The van der Waals surface area contributed by atoms with Crippen molar-refractivity contribution in [3.8, 4) is 0 Å². The number of carboxylic acid groups (broad SMARTS) is 2. The van der Waals surface area contributed by atoms with Gasteiger partial charge < -0.3 is 19.8 Å². The summed E-state index contributed by atoms with van der Waals surface area (Å²) >= 11 is 0. The average molecular weight is 404 g/mol. The number of hydrogen-bond acceptors (Lipinski definition) is 4. The Morgan fingerprint density at radius 3 is 1.24 bits per heavy atom. The second-order valence-corrected chi connectivity index (χ2v) is 5.76. The first-order chi connectivity index (χ1) is 11.5. The third-order valence-corrected chi connectivity index (χ3v) is 3.31. The zero-order chi connectivity index (χ0) is 18.5. The number of rotatable bonds is 14. The molecule has 0 aliphatic heterocycles. The van der Waals surface area contributed by atoms with Crippen LogP contribution in [0.1, 0.15) is 90.9 Å². The van der Waals surface area contributed by atoms with Gasteiger partial charge >= 0.3 is 19.5 Å². The molecular weight excluding hydrogens is 370 g/mol. The minimum absolute atomic E-state index is 0. The maximum atomic E-state index is 9.99. The average Bonchev–Trinajstić information content (AvgIpc) is 2.53. The Kier molecular flexibility index (Phi) is 29.2. The summed E-state index contributed by atoms with van der Waals surface area (Å²) in [5.74, 6) is -1.93. The Morgan fingerprint density at radius 2 is 0.960 bits per heavy atom. The number of aliphatic carboxylic acids is 2. The summed E-state index contributed by atoms with van der Waals surface area (Å²) in [6.07, 6.45) is 19.0. The summed E-state index contributed by atoms with van der Waals surface area (Å²) in [4.78, 5) is 20.0. The molecule has 0 amide bonds. The van der Waals surface area contributed by atoms with Gasteiger partial charge in [0.05, 0.1) is 0 Å². The van der Waals surface area contributed by atoms with Crippen molar-refractivity contribution in [2.45, 2.75) is 90.9 Å². The van der Waals surface area contributed by atoms with Crippen LogP contribution in [0.4, 0.5) is 0 Å². The molecule has 0 rings (SSSR count). The Hall–Kier alpha value is -0.957. The van der Waals surface area contributed by atoms with Crippen LogP contribution >= 0.6 is 0 Å². The predicted octanol–water partition coefficient (Wildman–Crippen LogP) is 3.30. The van der Waals surface area contributed by atoms with Crippen molar-refractivity contribution in [3.05, 3.63) is 24.3 Å². The van der Waals surface area contributed by atoms with E-state index < -0.39 is 11.9 Å². The van der Waals surface area contributed by atoms with Crippen LogP contribution in [0.2, 0.25) is 0 Å². The third-order valence-electron chi connectivity index (χ3n) is 3.31. The molecule has 25 heavy (non-hydrogen) atoms. The largest absolute Gasteiger partial charge is 2.00 e. The van der Waals surface area contributed by atoms with Crippen LogP contribution in [-0.4, -0.2) is 11.9 Å². The summed E-state index contributed by atoms with van der Waals surface area (Å²) in [6, 6.07) is 0. The van der Waals surface area contributed by atoms with Crippen LogP contribution in [0.25, 0.3) is 0 Å². The van der Waals surface area contributed by atoms with Gasteiger partial charge in [0.1, 0.15) is 0 Å². The predicted molar refractivity (Wildman–Crippen MR) is 95.0 cm³/mol. The van der Waals surface area contributed by atoms with E-state index in [0.29, 0.717) is 12.8 Å². The molecule has 4 nitrogen and oxygen atoms in total. The molecule has 0 N–H and O–H groups in total. The van der Waals surface area contributed by atoms with E-state index in [1.807, 2.05) is 12.2 Å². The molecule has 0 unspecified atom stereocenters.